The van der Waals surface area contributed by atoms with Crippen LogP contribution >= 0.6 is 0 Å². The van der Waals surface area contributed by atoms with Crippen LogP contribution in [0, 0.1) is 0 Å². The first-order valence-electron chi connectivity index (χ1n) is 14.6. The number of ketones is 1. The lowest BCUT2D eigenvalue weighted by Gasteiger charge is -2.22. The number of aromatic hydroxyl groups is 3. The number of phenols is 3. The van der Waals surface area contributed by atoms with Crippen LogP contribution in [0.2, 0.25) is 0 Å². The minimum Gasteiger partial charge on any atom is -0.508 e. The van der Waals surface area contributed by atoms with Crippen LogP contribution in [0.4, 0.5) is 0 Å². The normalized spacial score (nSPS) is 11.3. The second-order valence-corrected chi connectivity index (χ2v) is 10.1. The molecule has 13 nitrogen and oxygen atoms in total. The molecule has 13 heteroatoms. The molecule has 0 heterocycles. The van der Waals surface area contributed by atoms with E-state index in [1.54, 1.807) is 24.3 Å². The van der Waals surface area contributed by atoms with Gasteiger partial charge in [-0.05, 0) is 84.4 Å². The van der Waals surface area contributed by atoms with E-state index >= 15 is 0 Å². The van der Waals surface area contributed by atoms with E-state index in [0.29, 0.717) is 5.56 Å². The summed E-state index contributed by atoms with van der Waals surface area (Å²) in [4.78, 5) is 39.0. The van der Waals surface area contributed by atoms with Crippen LogP contribution in [-0.2, 0) is 9.47 Å². The van der Waals surface area contributed by atoms with Crippen LogP contribution in [0.15, 0.2) is 78.9 Å². The summed E-state index contributed by atoms with van der Waals surface area (Å²) >= 11 is 0. The van der Waals surface area contributed by atoms with E-state index in [0.717, 1.165) is 0 Å². The lowest BCUT2D eigenvalue weighted by Crippen LogP contribution is -2.34. The van der Waals surface area contributed by atoms with Gasteiger partial charge in [0.25, 0.3) is 0 Å². The van der Waals surface area contributed by atoms with Crippen LogP contribution in [0.3, 0.4) is 0 Å². The summed E-state index contributed by atoms with van der Waals surface area (Å²) in [6.45, 7) is -0.629. The molecular weight excluding hydrogens is 640 g/mol. The predicted molar refractivity (Wildman–Crippen MR) is 175 cm³/mol. The Morgan fingerprint density at radius 2 is 1.10 bits per heavy atom. The van der Waals surface area contributed by atoms with E-state index < -0.39 is 30.4 Å². The maximum atomic E-state index is 13.9. The molecule has 0 aliphatic heterocycles. The molecule has 0 fully saturated rings. The van der Waals surface area contributed by atoms with E-state index in [4.69, 9.17) is 33.2 Å². The first-order chi connectivity index (χ1) is 23.6. The number of methoxy groups -OCH3 is 4. The molecule has 4 aromatic carbocycles. The van der Waals surface area contributed by atoms with Crippen molar-refractivity contribution in [3.05, 3.63) is 101 Å². The van der Waals surface area contributed by atoms with Gasteiger partial charge in [-0.25, -0.2) is 9.59 Å². The van der Waals surface area contributed by atoms with Gasteiger partial charge in [-0.2, -0.15) is 0 Å². The van der Waals surface area contributed by atoms with Crippen molar-refractivity contribution in [1.82, 2.24) is 0 Å². The number of benzene rings is 4. The van der Waals surface area contributed by atoms with Crippen LogP contribution in [0.25, 0.3) is 6.08 Å². The van der Waals surface area contributed by atoms with Gasteiger partial charge in [-0.3, -0.25) is 4.79 Å². The molecule has 49 heavy (non-hydrogen) atoms. The second kappa shape index (κ2) is 16.5. The molecule has 0 saturated heterocycles. The highest BCUT2D eigenvalue weighted by Crippen LogP contribution is 2.41. The van der Waals surface area contributed by atoms with Crippen molar-refractivity contribution in [3.8, 4) is 46.0 Å². The second-order valence-electron chi connectivity index (χ2n) is 10.1. The zero-order valence-corrected chi connectivity index (χ0v) is 27.0. The summed E-state index contributed by atoms with van der Waals surface area (Å²) in [5.41, 5.74) is 0.975. The molecule has 3 N–H and O–H groups in total. The molecular formula is C36H34O13. The summed E-state index contributed by atoms with van der Waals surface area (Å²) in [6, 6.07) is 16.7. The quantitative estimate of drug-likeness (QED) is 0.111. The van der Waals surface area contributed by atoms with Crippen LogP contribution in [0.1, 0.15) is 36.6 Å². The number of hydrogen-bond donors (Lipinski definition) is 3. The van der Waals surface area contributed by atoms with Crippen molar-refractivity contribution in [3.63, 3.8) is 0 Å². The Hall–Kier alpha value is -6.37. The van der Waals surface area contributed by atoms with Crippen molar-refractivity contribution in [2.24, 2.45) is 0 Å². The third kappa shape index (κ3) is 8.92. The number of carbonyl (C=O) groups is 3. The largest absolute Gasteiger partial charge is 0.508 e. The topological polar surface area (TPSA) is 177 Å². The van der Waals surface area contributed by atoms with Gasteiger partial charge in [0.1, 0.15) is 24.7 Å². The van der Waals surface area contributed by atoms with Crippen molar-refractivity contribution in [2.75, 3.05) is 41.7 Å². The fraction of sp³-hybridized carbons (Fsp3) is 0.194. The highest BCUT2D eigenvalue weighted by Gasteiger charge is 2.29. The first kappa shape index (κ1) is 35.5. The lowest BCUT2D eigenvalue weighted by molar-refractivity contribution is 0.0299. The van der Waals surface area contributed by atoms with Gasteiger partial charge in [-0.1, -0.05) is 6.08 Å². The van der Waals surface area contributed by atoms with E-state index in [-0.39, 0.29) is 69.3 Å². The molecule has 1 atom stereocenters. The van der Waals surface area contributed by atoms with E-state index in [9.17, 15) is 29.7 Å². The monoisotopic (exact) mass is 674 g/mol. The molecule has 256 valence electrons. The summed E-state index contributed by atoms with van der Waals surface area (Å²) in [5, 5.41) is 29.3. The maximum absolute atomic E-state index is 13.9. The fourth-order valence-corrected chi connectivity index (χ4v) is 4.46. The molecule has 0 unspecified atom stereocenters. The molecule has 0 spiro atoms. The summed E-state index contributed by atoms with van der Waals surface area (Å²) in [5.74, 6) is -2.12. The molecule has 0 amide bonds. The Labute approximate surface area is 281 Å². The average Bonchev–Trinajstić information content (AvgIpc) is 3.12. The van der Waals surface area contributed by atoms with Gasteiger partial charge in [0, 0.05) is 5.56 Å². The fourth-order valence-electron chi connectivity index (χ4n) is 4.46. The van der Waals surface area contributed by atoms with Crippen LogP contribution in [0.5, 0.6) is 46.0 Å². The van der Waals surface area contributed by atoms with Crippen LogP contribution in [-0.4, -0.2) is 80.8 Å². The molecule has 0 aliphatic rings. The summed E-state index contributed by atoms with van der Waals surface area (Å²) in [6.07, 6.45) is 1.77. The molecule has 0 bridgehead atoms. The molecule has 0 saturated carbocycles. The van der Waals surface area contributed by atoms with Crippen molar-refractivity contribution in [2.45, 2.75) is 6.10 Å². The minimum absolute atomic E-state index is 0.0107. The van der Waals surface area contributed by atoms with Gasteiger partial charge in [0.15, 0.2) is 29.1 Å². The van der Waals surface area contributed by atoms with E-state index in [1.807, 2.05) is 0 Å². The molecule has 4 rings (SSSR count). The van der Waals surface area contributed by atoms with E-state index in [2.05, 4.69) is 0 Å². The number of esters is 2. The van der Waals surface area contributed by atoms with Crippen molar-refractivity contribution >= 4 is 23.8 Å². The lowest BCUT2D eigenvalue weighted by atomic mass is 10.0. The zero-order chi connectivity index (χ0) is 35.5. The average molecular weight is 675 g/mol. The van der Waals surface area contributed by atoms with Gasteiger partial charge in [0.05, 0.1) is 39.6 Å². The highest BCUT2D eigenvalue weighted by atomic mass is 16.6. The summed E-state index contributed by atoms with van der Waals surface area (Å²) in [7, 11) is 5.38. The number of carbonyl (C=O) groups excluding carboxylic acids is 3. The molecule has 0 aliphatic carbocycles. The number of rotatable bonds is 15. The van der Waals surface area contributed by atoms with Gasteiger partial charge < -0.3 is 48.5 Å². The third-order valence-electron chi connectivity index (χ3n) is 6.99. The number of hydrogen-bond acceptors (Lipinski definition) is 13. The zero-order valence-electron chi connectivity index (χ0n) is 27.0. The van der Waals surface area contributed by atoms with Gasteiger partial charge in [-0.15, -0.1) is 0 Å². The van der Waals surface area contributed by atoms with Crippen molar-refractivity contribution < 1.29 is 62.9 Å². The Bertz CT molecular complexity index is 1760. The van der Waals surface area contributed by atoms with Crippen LogP contribution < -0.4 is 23.7 Å². The molecule has 4 aromatic rings. The number of ether oxygens (including phenoxy) is 7. The number of Topliss-reactive ketones (excluding diaryl/α,β-unsaturated/α-hetero) is 1. The van der Waals surface area contributed by atoms with Crippen molar-refractivity contribution in [1.29, 1.82) is 0 Å². The highest BCUT2D eigenvalue weighted by molar-refractivity contribution is 6.01. The Morgan fingerprint density at radius 3 is 1.57 bits per heavy atom. The first-order valence-corrected chi connectivity index (χ1v) is 14.6. The van der Waals surface area contributed by atoms with Gasteiger partial charge in [0.2, 0.25) is 17.3 Å². The predicted octanol–water partition coefficient (Wildman–Crippen LogP) is 5.20. The Balaban J connectivity index is 1.61. The SMILES string of the molecule is COc1cc(C(=O)[C@H](COC(=O)c2ccc(O)cc2)Oc2c(OC)cc(C=CCOC(=O)c3ccc(O)cc3)cc2OC)cc(OC)c1O. The standard InChI is InChI=1S/C36H34O13/c1-43-27-18-24(19-28(44-2)33(27)40)32(39)31(20-48-36(42)23-9-13-26(38)14-10-23)49-34-29(45-3)16-21(17-30(34)46-4)6-5-15-47-35(41)22-7-11-25(37)12-8-22/h5-14,16-19,31,37-38,40H,15,20H2,1-4H3/t31-/m0/s1. The minimum atomic E-state index is -1.47. The Morgan fingerprint density at radius 1 is 0.633 bits per heavy atom. The smallest absolute Gasteiger partial charge is 0.338 e. The van der Waals surface area contributed by atoms with Gasteiger partial charge >= 0.3 is 11.9 Å². The number of phenolic OH excluding ortho intramolecular Hbond substituents is 3. The summed E-state index contributed by atoms with van der Waals surface area (Å²) < 4.78 is 38.4. The maximum Gasteiger partial charge on any atom is 0.338 e. The Kier molecular flexibility index (Phi) is 11.9. The third-order valence-corrected chi connectivity index (χ3v) is 6.99. The van der Waals surface area contributed by atoms with E-state index in [1.165, 1.54) is 89.1 Å². The molecule has 0 aromatic heterocycles. The molecule has 0 radical (unpaired) electrons.